The average Bonchev–Trinajstić information content (AvgIpc) is 2.21. The van der Waals surface area contributed by atoms with Gasteiger partial charge in [-0.1, -0.05) is 36.8 Å². The van der Waals surface area contributed by atoms with Crippen LogP contribution in [0.2, 0.25) is 0 Å². The SMILES string of the molecule is Cc1ccc(C[C@@H](C)CC(=O)C#N)cc1. The molecular weight excluding hydrogens is 186 g/mol. The molecule has 1 aromatic carbocycles. The van der Waals surface area contributed by atoms with Gasteiger partial charge in [-0.25, -0.2) is 0 Å². The van der Waals surface area contributed by atoms with Crippen molar-refractivity contribution >= 4 is 5.78 Å². The zero-order valence-electron chi connectivity index (χ0n) is 9.16. The fraction of sp³-hybridized carbons (Fsp3) is 0.385. The van der Waals surface area contributed by atoms with Gasteiger partial charge in [0.25, 0.3) is 0 Å². The lowest BCUT2D eigenvalue weighted by Gasteiger charge is -2.08. The summed E-state index contributed by atoms with van der Waals surface area (Å²) in [5.74, 6) is -0.0885. The summed E-state index contributed by atoms with van der Waals surface area (Å²) in [6.07, 6.45) is 1.21. The number of ketones is 1. The minimum absolute atomic E-state index is 0.236. The van der Waals surface area contributed by atoms with E-state index in [0.717, 1.165) is 6.42 Å². The van der Waals surface area contributed by atoms with Crippen LogP contribution in [0.4, 0.5) is 0 Å². The Labute approximate surface area is 90.5 Å². The lowest BCUT2D eigenvalue weighted by atomic mass is 9.96. The van der Waals surface area contributed by atoms with Gasteiger partial charge in [0.05, 0.1) is 0 Å². The zero-order chi connectivity index (χ0) is 11.3. The maximum Gasteiger partial charge on any atom is 0.232 e. The second kappa shape index (κ2) is 5.31. The monoisotopic (exact) mass is 201 g/mol. The molecule has 0 bridgehead atoms. The largest absolute Gasteiger partial charge is 0.283 e. The molecule has 1 rings (SSSR count). The van der Waals surface area contributed by atoms with Gasteiger partial charge in [-0.15, -0.1) is 0 Å². The Morgan fingerprint density at radius 3 is 2.53 bits per heavy atom. The molecule has 0 saturated heterocycles. The van der Waals surface area contributed by atoms with Gasteiger partial charge in [0.2, 0.25) is 5.78 Å². The summed E-state index contributed by atoms with van der Waals surface area (Å²) < 4.78 is 0. The van der Waals surface area contributed by atoms with Crippen molar-refractivity contribution in [1.29, 1.82) is 5.26 Å². The first-order valence-corrected chi connectivity index (χ1v) is 5.10. The smallest absolute Gasteiger partial charge is 0.232 e. The topological polar surface area (TPSA) is 40.9 Å². The molecule has 0 saturated carbocycles. The number of Topliss-reactive ketones (excluding diaryl/α,β-unsaturated/α-hetero) is 1. The Morgan fingerprint density at radius 2 is 2.00 bits per heavy atom. The van der Waals surface area contributed by atoms with E-state index in [-0.39, 0.29) is 11.7 Å². The lowest BCUT2D eigenvalue weighted by molar-refractivity contribution is -0.114. The number of benzene rings is 1. The molecule has 0 aliphatic heterocycles. The van der Waals surface area contributed by atoms with Crippen LogP contribution < -0.4 is 0 Å². The van der Waals surface area contributed by atoms with Gasteiger partial charge in [-0.2, -0.15) is 5.26 Å². The number of nitriles is 1. The Balaban J connectivity index is 2.52. The molecule has 0 amide bonds. The molecule has 15 heavy (non-hydrogen) atoms. The molecule has 2 heteroatoms. The van der Waals surface area contributed by atoms with E-state index in [9.17, 15) is 4.79 Å². The van der Waals surface area contributed by atoms with Gasteiger partial charge in [0, 0.05) is 6.42 Å². The molecule has 0 radical (unpaired) electrons. The Bertz CT molecular complexity index is 373. The first-order chi connectivity index (χ1) is 7.11. The van der Waals surface area contributed by atoms with Gasteiger partial charge in [0.15, 0.2) is 0 Å². The van der Waals surface area contributed by atoms with Gasteiger partial charge in [0.1, 0.15) is 6.07 Å². The highest BCUT2D eigenvalue weighted by molar-refractivity contribution is 5.93. The molecule has 78 valence electrons. The average molecular weight is 201 g/mol. The maximum atomic E-state index is 10.9. The molecular formula is C13H15NO. The van der Waals surface area contributed by atoms with Crippen molar-refractivity contribution in [1.82, 2.24) is 0 Å². The van der Waals surface area contributed by atoms with Crippen molar-refractivity contribution in [3.63, 3.8) is 0 Å². The van der Waals surface area contributed by atoms with Crippen LogP contribution in [0.5, 0.6) is 0 Å². The number of nitrogens with zero attached hydrogens (tertiary/aromatic N) is 1. The molecule has 0 N–H and O–H groups in total. The van der Waals surface area contributed by atoms with Crippen LogP contribution in [0.1, 0.15) is 24.5 Å². The van der Waals surface area contributed by atoms with E-state index in [4.69, 9.17) is 5.26 Å². The number of hydrogen-bond donors (Lipinski definition) is 0. The molecule has 1 aromatic rings. The third-order valence-electron chi connectivity index (χ3n) is 2.36. The van der Waals surface area contributed by atoms with Crippen LogP contribution in [-0.4, -0.2) is 5.78 Å². The van der Waals surface area contributed by atoms with Gasteiger partial charge in [-0.05, 0) is 24.8 Å². The predicted octanol–water partition coefficient (Wildman–Crippen LogP) is 2.66. The van der Waals surface area contributed by atoms with E-state index in [2.05, 4.69) is 24.3 Å². The van der Waals surface area contributed by atoms with Gasteiger partial charge in [-0.3, -0.25) is 4.79 Å². The third kappa shape index (κ3) is 3.95. The molecule has 0 aromatic heterocycles. The lowest BCUT2D eigenvalue weighted by Crippen LogP contribution is -2.06. The highest BCUT2D eigenvalue weighted by atomic mass is 16.1. The first kappa shape index (κ1) is 11.5. The first-order valence-electron chi connectivity index (χ1n) is 5.10. The summed E-state index contributed by atoms with van der Waals surface area (Å²) in [6, 6.07) is 9.92. The van der Waals surface area contributed by atoms with Crippen LogP contribution in [0.3, 0.4) is 0 Å². The molecule has 0 fully saturated rings. The van der Waals surface area contributed by atoms with E-state index in [1.165, 1.54) is 11.1 Å². The van der Waals surface area contributed by atoms with Gasteiger partial charge < -0.3 is 0 Å². The van der Waals surface area contributed by atoms with Crippen LogP contribution in [0.25, 0.3) is 0 Å². The van der Waals surface area contributed by atoms with Crippen LogP contribution in [0.15, 0.2) is 24.3 Å². The number of carbonyl (C=O) groups excluding carboxylic acids is 1. The second-order valence-electron chi connectivity index (χ2n) is 4.03. The summed E-state index contributed by atoms with van der Waals surface area (Å²) in [4.78, 5) is 10.9. The number of carbonyl (C=O) groups is 1. The molecule has 0 aliphatic carbocycles. The molecule has 0 heterocycles. The summed E-state index contributed by atoms with van der Waals surface area (Å²) >= 11 is 0. The molecule has 0 unspecified atom stereocenters. The van der Waals surface area contributed by atoms with Crippen LogP contribution >= 0.6 is 0 Å². The number of rotatable bonds is 4. The molecule has 1 atom stereocenters. The van der Waals surface area contributed by atoms with Crippen molar-refractivity contribution in [2.24, 2.45) is 5.92 Å². The van der Waals surface area contributed by atoms with Crippen molar-refractivity contribution in [2.45, 2.75) is 26.7 Å². The Kier molecular flexibility index (Phi) is 4.05. The van der Waals surface area contributed by atoms with Crippen LogP contribution in [0, 0.1) is 24.2 Å². The summed E-state index contributed by atoms with van der Waals surface area (Å²) in [5.41, 5.74) is 2.46. The predicted molar refractivity (Wildman–Crippen MR) is 59.3 cm³/mol. The Hall–Kier alpha value is -1.62. The molecule has 0 aliphatic rings. The zero-order valence-corrected chi connectivity index (χ0v) is 9.16. The standard InChI is InChI=1S/C13H15NO/c1-10-3-5-12(6-4-10)7-11(2)8-13(15)9-14/h3-6,11H,7-8H2,1-2H3/t11-/m1/s1. The van der Waals surface area contributed by atoms with Gasteiger partial charge >= 0.3 is 0 Å². The maximum absolute atomic E-state index is 10.9. The fourth-order valence-electron chi connectivity index (χ4n) is 1.56. The quantitative estimate of drug-likeness (QED) is 0.703. The number of aryl methyl sites for hydroxylation is 1. The summed E-state index contributed by atoms with van der Waals surface area (Å²) in [5, 5.41) is 8.39. The van der Waals surface area contributed by atoms with Crippen molar-refractivity contribution in [3.8, 4) is 6.07 Å². The fourth-order valence-corrected chi connectivity index (χ4v) is 1.56. The molecule has 2 nitrogen and oxygen atoms in total. The normalized spacial score (nSPS) is 11.8. The summed E-state index contributed by atoms with van der Waals surface area (Å²) in [6.45, 7) is 4.04. The van der Waals surface area contributed by atoms with E-state index in [1.807, 2.05) is 13.8 Å². The Morgan fingerprint density at radius 1 is 1.40 bits per heavy atom. The van der Waals surface area contributed by atoms with Crippen molar-refractivity contribution < 1.29 is 4.79 Å². The van der Waals surface area contributed by atoms with Crippen molar-refractivity contribution in [3.05, 3.63) is 35.4 Å². The molecule has 0 spiro atoms. The van der Waals surface area contributed by atoms with E-state index in [0.29, 0.717) is 6.42 Å². The minimum atomic E-state index is -0.324. The highest BCUT2D eigenvalue weighted by Gasteiger charge is 2.08. The second-order valence-corrected chi connectivity index (χ2v) is 4.03. The summed E-state index contributed by atoms with van der Waals surface area (Å²) in [7, 11) is 0. The third-order valence-corrected chi connectivity index (χ3v) is 2.36. The van der Waals surface area contributed by atoms with E-state index < -0.39 is 0 Å². The number of hydrogen-bond acceptors (Lipinski definition) is 2. The highest BCUT2D eigenvalue weighted by Crippen LogP contribution is 2.12. The van der Waals surface area contributed by atoms with E-state index >= 15 is 0 Å². The van der Waals surface area contributed by atoms with E-state index in [1.54, 1.807) is 6.07 Å². The van der Waals surface area contributed by atoms with Crippen molar-refractivity contribution in [2.75, 3.05) is 0 Å². The van der Waals surface area contributed by atoms with Crippen LogP contribution in [-0.2, 0) is 11.2 Å². The minimum Gasteiger partial charge on any atom is -0.283 e.